The van der Waals surface area contributed by atoms with Gasteiger partial charge in [-0.3, -0.25) is 0 Å². The number of nitrogens with two attached hydrogens (primary N) is 1. The predicted molar refractivity (Wildman–Crippen MR) is 50.5 cm³/mol. The number of oxime groups is 1. The van der Waals surface area contributed by atoms with Crippen molar-refractivity contribution >= 4 is 11.9 Å². The van der Waals surface area contributed by atoms with Crippen LogP contribution < -0.4 is 10.6 Å². The molecule has 76 valence electrons. The first-order chi connectivity index (χ1) is 6.81. The average molecular weight is 196 g/mol. The van der Waals surface area contributed by atoms with Crippen LogP contribution in [0.4, 0.5) is 6.01 Å². The standard InChI is InChI=1S/C8H12N4O2/c9-7(11-13)6-5-10-8(14-6)12-3-1-2-4-12/h5,13H,1-4H2,(H2,9,11). The number of hydrogen-bond acceptors (Lipinski definition) is 5. The summed E-state index contributed by atoms with van der Waals surface area (Å²) < 4.78 is 5.32. The normalized spacial score (nSPS) is 17.7. The summed E-state index contributed by atoms with van der Waals surface area (Å²) in [6.45, 7) is 1.91. The van der Waals surface area contributed by atoms with E-state index in [0.717, 1.165) is 25.9 Å². The molecule has 1 aliphatic rings. The van der Waals surface area contributed by atoms with Gasteiger partial charge in [0, 0.05) is 13.1 Å². The molecule has 14 heavy (non-hydrogen) atoms. The van der Waals surface area contributed by atoms with Gasteiger partial charge in [0.15, 0.2) is 5.76 Å². The molecule has 1 fully saturated rings. The van der Waals surface area contributed by atoms with Gasteiger partial charge in [0.2, 0.25) is 5.84 Å². The number of aromatic nitrogens is 1. The van der Waals surface area contributed by atoms with E-state index in [1.165, 1.54) is 6.20 Å². The topological polar surface area (TPSA) is 87.9 Å². The lowest BCUT2D eigenvalue weighted by molar-refractivity contribution is 0.317. The molecule has 0 saturated carbocycles. The average Bonchev–Trinajstić information content (AvgIpc) is 2.86. The lowest BCUT2D eigenvalue weighted by Crippen LogP contribution is -2.17. The van der Waals surface area contributed by atoms with E-state index in [4.69, 9.17) is 15.4 Å². The van der Waals surface area contributed by atoms with Crippen LogP contribution in [-0.2, 0) is 0 Å². The van der Waals surface area contributed by atoms with Crippen molar-refractivity contribution < 1.29 is 9.62 Å². The fourth-order valence-electron chi connectivity index (χ4n) is 1.49. The number of hydrogen-bond donors (Lipinski definition) is 2. The Kier molecular flexibility index (Phi) is 2.26. The molecule has 6 heteroatoms. The fraction of sp³-hybridized carbons (Fsp3) is 0.500. The van der Waals surface area contributed by atoms with E-state index in [1.807, 2.05) is 4.90 Å². The Bertz CT molecular complexity index is 341. The first-order valence-electron chi connectivity index (χ1n) is 4.50. The van der Waals surface area contributed by atoms with Crippen molar-refractivity contribution in [1.82, 2.24) is 4.98 Å². The van der Waals surface area contributed by atoms with E-state index < -0.39 is 0 Å². The minimum Gasteiger partial charge on any atom is -0.420 e. The van der Waals surface area contributed by atoms with Gasteiger partial charge >= 0.3 is 0 Å². The second-order valence-electron chi connectivity index (χ2n) is 3.19. The van der Waals surface area contributed by atoms with Crippen LogP contribution in [0.3, 0.4) is 0 Å². The van der Waals surface area contributed by atoms with Gasteiger partial charge in [-0.1, -0.05) is 5.16 Å². The zero-order chi connectivity index (χ0) is 9.97. The molecule has 0 amide bonds. The summed E-state index contributed by atoms with van der Waals surface area (Å²) in [7, 11) is 0. The molecular formula is C8H12N4O2. The summed E-state index contributed by atoms with van der Waals surface area (Å²) in [5, 5.41) is 11.3. The highest BCUT2D eigenvalue weighted by molar-refractivity contribution is 5.94. The minimum absolute atomic E-state index is 0.0528. The van der Waals surface area contributed by atoms with Gasteiger partial charge in [0.1, 0.15) is 0 Å². The Labute approximate surface area is 81.0 Å². The Morgan fingerprint density at radius 1 is 1.57 bits per heavy atom. The highest BCUT2D eigenvalue weighted by Crippen LogP contribution is 2.19. The number of oxazole rings is 1. The molecule has 2 heterocycles. The summed E-state index contributed by atoms with van der Waals surface area (Å²) in [5.74, 6) is 0.248. The summed E-state index contributed by atoms with van der Waals surface area (Å²) in [4.78, 5) is 6.09. The molecule has 1 saturated heterocycles. The second kappa shape index (κ2) is 3.57. The van der Waals surface area contributed by atoms with Crippen molar-refractivity contribution in [3.8, 4) is 0 Å². The van der Waals surface area contributed by atoms with Crippen LogP contribution in [0.2, 0.25) is 0 Å². The van der Waals surface area contributed by atoms with Crippen molar-refractivity contribution in [2.24, 2.45) is 10.9 Å². The Morgan fingerprint density at radius 2 is 2.29 bits per heavy atom. The molecule has 0 spiro atoms. The monoisotopic (exact) mass is 196 g/mol. The first kappa shape index (κ1) is 8.86. The second-order valence-corrected chi connectivity index (χ2v) is 3.19. The van der Waals surface area contributed by atoms with Gasteiger partial charge in [-0.05, 0) is 12.8 Å². The number of rotatable bonds is 2. The van der Waals surface area contributed by atoms with E-state index in [2.05, 4.69) is 10.1 Å². The zero-order valence-corrected chi connectivity index (χ0v) is 7.68. The maximum absolute atomic E-state index is 8.42. The number of nitrogens with zero attached hydrogens (tertiary/aromatic N) is 3. The van der Waals surface area contributed by atoms with Crippen LogP contribution in [0.25, 0.3) is 0 Å². The molecular weight excluding hydrogens is 184 g/mol. The molecule has 0 unspecified atom stereocenters. The Hall–Kier alpha value is -1.72. The molecule has 0 aromatic carbocycles. The van der Waals surface area contributed by atoms with Gasteiger partial charge in [0.25, 0.3) is 6.01 Å². The SMILES string of the molecule is N/C(=N/O)c1cnc(N2CCCC2)o1. The molecule has 6 nitrogen and oxygen atoms in total. The van der Waals surface area contributed by atoms with E-state index in [-0.39, 0.29) is 5.84 Å². The molecule has 0 bridgehead atoms. The third-order valence-electron chi connectivity index (χ3n) is 2.23. The predicted octanol–water partition coefficient (Wildman–Crippen LogP) is 0.369. The lowest BCUT2D eigenvalue weighted by Gasteiger charge is -2.10. The molecule has 0 radical (unpaired) electrons. The quantitative estimate of drug-likeness (QED) is 0.309. The van der Waals surface area contributed by atoms with Gasteiger partial charge in [0.05, 0.1) is 6.20 Å². The van der Waals surface area contributed by atoms with Gasteiger partial charge in [-0.25, -0.2) is 4.98 Å². The van der Waals surface area contributed by atoms with Crippen molar-refractivity contribution in [2.45, 2.75) is 12.8 Å². The summed E-state index contributed by atoms with van der Waals surface area (Å²) >= 11 is 0. The van der Waals surface area contributed by atoms with Gasteiger partial charge < -0.3 is 20.3 Å². The van der Waals surface area contributed by atoms with Crippen LogP contribution in [0, 0.1) is 0 Å². The number of amidine groups is 1. The maximum atomic E-state index is 8.42. The van der Waals surface area contributed by atoms with Crippen LogP contribution in [0.5, 0.6) is 0 Å². The van der Waals surface area contributed by atoms with E-state index in [1.54, 1.807) is 0 Å². The van der Waals surface area contributed by atoms with Gasteiger partial charge in [-0.15, -0.1) is 0 Å². The lowest BCUT2D eigenvalue weighted by atomic mass is 10.4. The minimum atomic E-state index is -0.0528. The smallest absolute Gasteiger partial charge is 0.297 e. The molecule has 1 aliphatic heterocycles. The van der Waals surface area contributed by atoms with Crippen LogP contribution >= 0.6 is 0 Å². The molecule has 1 aromatic heterocycles. The molecule has 2 rings (SSSR count). The third-order valence-corrected chi connectivity index (χ3v) is 2.23. The fourth-order valence-corrected chi connectivity index (χ4v) is 1.49. The zero-order valence-electron chi connectivity index (χ0n) is 7.68. The van der Waals surface area contributed by atoms with E-state index >= 15 is 0 Å². The number of anilines is 1. The van der Waals surface area contributed by atoms with E-state index in [0.29, 0.717) is 11.8 Å². The van der Waals surface area contributed by atoms with Crippen molar-refractivity contribution in [1.29, 1.82) is 0 Å². The van der Waals surface area contributed by atoms with Crippen LogP contribution in [0.15, 0.2) is 15.8 Å². The highest BCUT2D eigenvalue weighted by Gasteiger charge is 2.18. The van der Waals surface area contributed by atoms with Crippen molar-refractivity contribution in [3.05, 3.63) is 12.0 Å². The largest absolute Gasteiger partial charge is 0.420 e. The van der Waals surface area contributed by atoms with Crippen LogP contribution in [0.1, 0.15) is 18.6 Å². The van der Waals surface area contributed by atoms with Crippen molar-refractivity contribution in [2.75, 3.05) is 18.0 Å². The summed E-state index contributed by atoms with van der Waals surface area (Å²) in [6, 6.07) is 0.545. The Balaban J connectivity index is 2.16. The molecule has 0 aliphatic carbocycles. The van der Waals surface area contributed by atoms with Gasteiger partial charge in [-0.2, -0.15) is 0 Å². The van der Waals surface area contributed by atoms with E-state index in [9.17, 15) is 0 Å². The molecule has 0 atom stereocenters. The first-order valence-corrected chi connectivity index (χ1v) is 4.50. The molecule has 3 N–H and O–H groups in total. The van der Waals surface area contributed by atoms with Crippen molar-refractivity contribution in [3.63, 3.8) is 0 Å². The maximum Gasteiger partial charge on any atom is 0.297 e. The molecule has 1 aromatic rings. The Morgan fingerprint density at radius 3 is 2.93 bits per heavy atom. The highest BCUT2D eigenvalue weighted by atomic mass is 16.4. The van der Waals surface area contributed by atoms with Crippen LogP contribution in [-0.4, -0.2) is 29.1 Å². The summed E-state index contributed by atoms with van der Waals surface area (Å²) in [5.41, 5.74) is 5.35. The third kappa shape index (κ3) is 1.50. The summed E-state index contributed by atoms with van der Waals surface area (Å²) in [6.07, 6.45) is 3.77.